The fraction of sp³-hybridized carbons (Fsp3) is 0.400. The molecule has 23 heavy (non-hydrogen) atoms. The first-order valence-corrected chi connectivity index (χ1v) is 7.80. The zero-order valence-corrected chi connectivity index (χ0v) is 14.1. The highest BCUT2D eigenvalue weighted by Crippen LogP contribution is 2.53. The van der Waals surface area contributed by atoms with Crippen molar-refractivity contribution in [3.8, 4) is 0 Å². The Labute approximate surface area is 142 Å². The number of Topliss-reactive ketones (excluding diaryl/α,β-unsaturated/α-hetero) is 1. The number of halogens is 2. The van der Waals surface area contributed by atoms with Gasteiger partial charge in [-0.05, 0) is 31.5 Å². The number of thiol groups is 2. The molecule has 0 spiro atoms. The second kappa shape index (κ2) is 5.04. The number of ketones is 1. The molecule has 0 bridgehead atoms. The molecule has 8 heteroatoms. The average Bonchev–Trinajstić information content (AvgIpc) is 2.46. The van der Waals surface area contributed by atoms with Crippen molar-refractivity contribution in [2.24, 2.45) is 4.99 Å². The van der Waals surface area contributed by atoms with Crippen molar-refractivity contribution in [3.63, 3.8) is 0 Å². The third-order valence-corrected chi connectivity index (χ3v) is 5.06. The van der Waals surface area contributed by atoms with E-state index in [4.69, 9.17) is 4.74 Å². The van der Waals surface area contributed by atoms with Gasteiger partial charge in [0.25, 0.3) is 0 Å². The van der Waals surface area contributed by atoms with E-state index in [-0.39, 0.29) is 23.4 Å². The van der Waals surface area contributed by atoms with E-state index >= 15 is 0 Å². The maximum atomic E-state index is 13.6. The smallest absolute Gasteiger partial charge is 0.335 e. The lowest BCUT2D eigenvalue weighted by Crippen LogP contribution is -2.62. The Balaban J connectivity index is 2.26. The molecule has 1 aromatic rings. The van der Waals surface area contributed by atoms with Gasteiger partial charge >= 0.3 is 5.97 Å². The van der Waals surface area contributed by atoms with E-state index in [9.17, 15) is 18.4 Å². The van der Waals surface area contributed by atoms with Gasteiger partial charge in [-0.3, -0.25) is 9.79 Å². The molecule has 0 aromatic heterocycles. The van der Waals surface area contributed by atoms with Gasteiger partial charge in [0.05, 0.1) is 18.2 Å². The summed E-state index contributed by atoms with van der Waals surface area (Å²) in [5, 5.41) is 0. The molecule has 3 atom stereocenters. The molecule has 1 aliphatic carbocycles. The van der Waals surface area contributed by atoms with Crippen LogP contribution in [0.5, 0.6) is 0 Å². The molecule has 3 unspecified atom stereocenters. The van der Waals surface area contributed by atoms with E-state index in [0.717, 1.165) is 12.1 Å². The van der Waals surface area contributed by atoms with Gasteiger partial charge in [-0.25, -0.2) is 13.6 Å². The van der Waals surface area contributed by atoms with Gasteiger partial charge in [-0.1, -0.05) is 0 Å². The summed E-state index contributed by atoms with van der Waals surface area (Å²) >= 11 is 8.61. The predicted octanol–water partition coefficient (Wildman–Crippen LogP) is 2.58. The lowest BCUT2D eigenvalue weighted by atomic mass is 9.67. The number of hydrogen-bond acceptors (Lipinski definition) is 6. The Hall–Kier alpha value is -1.41. The van der Waals surface area contributed by atoms with E-state index in [1.54, 1.807) is 13.8 Å². The van der Waals surface area contributed by atoms with Crippen molar-refractivity contribution in [2.75, 3.05) is 6.61 Å². The van der Waals surface area contributed by atoms with Gasteiger partial charge in [-0.2, -0.15) is 0 Å². The van der Waals surface area contributed by atoms with Crippen LogP contribution in [0.15, 0.2) is 17.1 Å². The Morgan fingerprint density at radius 3 is 2.52 bits per heavy atom. The lowest BCUT2D eigenvalue weighted by molar-refractivity contribution is -0.142. The monoisotopic (exact) mass is 357 g/mol. The first-order chi connectivity index (χ1) is 10.6. The van der Waals surface area contributed by atoms with Gasteiger partial charge in [0.15, 0.2) is 17.4 Å². The highest BCUT2D eigenvalue weighted by Gasteiger charge is 2.63. The van der Waals surface area contributed by atoms with Gasteiger partial charge in [0.2, 0.25) is 4.75 Å². The predicted molar refractivity (Wildman–Crippen MR) is 86.6 cm³/mol. The molecule has 1 heterocycles. The molecule has 1 aliphatic heterocycles. The van der Waals surface area contributed by atoms with Crippen LogP contribution in [0.1, 0.15) is 35.7 Å². The molecule has 0 radical (unpaired) electrons. The number of benzene rings is 1. The van der Waals surface area contributed by atoms with Crippen LogP contribution in [0.4, 0.5) is 8.78 Å². The zero-order chi connectivity index (χ0) is 17.2. The summed E-state index contributed by atoms with van der Waals surface area (Å²) in [6.07, 6.45) is 0. The van der Waals surface area contributed by atoms with Crippen molar-refractivity contribution < 1.29 is 23.1 Å². The fourth-order valence-corrected chi connectivity index (χ4v) is 3.77. The molecule has 3 rings (SSSR count). The average molecular weight is 357 g/mol. The van der Waals surface area contributed by atoms with Gasteiger partial charge in [0, 0.05) is 5.56 Å². The van der Waals surface area contributed by atoms with Crippen molar-refractivity contribution in [2.45, 2.75) is 29.4 Å². The molecular formula is C15H13F2NO3S2. The van der Waals surface area contributed by atoms with Crippen LogP contribution >= 0.6 is 25.3 Å². The highest BCUT2D eigenvalue weighted by atomic mass is 32.1. The SMILES string of the molecule is CCOC(=O)C1(S)C(=O)c2cc(F)c(F)cc2C2C1=NC2(C)S. The molecule has 122 valence electrons. The minimum Gasteiger partial charge on any atom is -0.464 e. The van der Waals surface area contributed by atoms with Crippen LogP contribution in [-0.4, -0.2) is 33.7 Å². The van der Waals surface area contributed by atoms with E-state index < -0.39 is 38.9 Å². The van der Waals surface area contributed by atoms with Crippen LogP contribution in [0, 0.1) is 11.6 Å². The number of nitrogens with zero attached hydrogens (tertiary/aromatic N) is 1. The highest BCUT2D eigenvalue weighted by molar-refractivity contribution is 7.85. The molecule has 0 saturated heterocycles. The molecule has 4 nitrogen and oxygen atoms in total. The van der Waals surface area contributed by atoms with Gasteiger partial charge in [0.1, 0.15) is 4.87 Å². The van der Waals surface area contributed by atoms with Crippen molar-refractivity contribution in [3.05, 3.63) is 34.9 Å². The van der Waals surface area contributed by atoms with Crippen LogP contribution in [0.25, 0.3) is 0 Å². The second-order valence-electron chi connectivity index (χ2n) is 5.64. The number of rotatable bonds is 2. The summed E-state index contributed by atoms with van der Waals surface area (Å²) in [6.45, 7) is 3.30. The Morgan fingerprint density at radius 1 is 1.35 bits per heavy atom. The number of carbonyl (C=O) groups excluding carboxylic acids is 2. The summed E-state index contributed by atoms with van der Waals surface area (Å²) in [4.78, 5) is 28.3. The van der Waals surface area contributed by atoms with Crippen LogP contribution in [0.2, 0.25) is 0 Å². The van der Waals surface area contributed by atoms with E-state index in [2.05, 4.69) is 30.2 Å². The number of fused-ring (bicyclic) bond motifs is 3. The van der Waals surface area contributed by atoms with Crippen LogP contribution in [0.3, 0.4) is 0 Å². The quantitative estimate of drug-likeness (QED) is 0.486. The van der Waals surface area contributed by atoms with E-state index in [1.165, 1.54) is 0 Å². The molecule has 0 fully saturated rings. The summed E-state index contributed by atoms with van der Waals surface area (Å²) in [6, 6.07) is 1.74. The molecular weight excluding hydrogens is 344 g/mol. The maximum Gasteiger partial charge on any atom is 0.335 e. The first kappa shape index (κ1) is 16.4. The Bertz CT molecular complexity index is 778. The van der Waals surface area contributed by atoms with E-state index in [1.807, 2.05) is 0 Å². The molecule has 0 N–H and O–H groups in total. The van der Waals surface area contributed by atoms with E-state index in [0.29, 0.717) is 0 Å². The largest absolute Gasteiger partial charge is 0.464 e. The number of ether oxygens (including phenoxy) is 1. The van der Waals surface area contributed by atoms with Crippen LogP contribution in [-0.2, 0) is 9.53 Å². The topological polar surface area (TPSA) is 55.7 Å². The van der Waals surface area contributed by atoms with Crippen molar-refractivity contribution in [1.82, 2.24) is 0 Å². The van der Waals surface area contributed by atoms with Gasteiger partial charge in [-0.15, -0.1) is 25.3 Å². The zero-order valence-electron chi connectivity index (χ0n) is 12.3. The molecule has 2 aliphatic rings. The standard InChI is InChI=1S/C15H13F2NO3S2/c1-3-21-13(20)15(23)11-10(14(2,22)18-11)6-4-8(16)9(17)5-7(6)12(15)19/h4-5,10,22-23H,3H2,1-2H3. The van der Waals surface area contributed by atoms with Crippen molar-refractivity contribution >= 4 is 42.7 Å². The number of carbonyl (C=O) groups is 2. The summed E-state index contributed by atoms with van der Waals surface area (Å²) in [7, 11) is 0. The third-order valence-electron chi connectivity index (χ3n) is 4.09. The molecule has 1 aromatic carbocycles. The molecule has 0 saturated carbocycles. The molecule has 0 amide bonds. The Kier molecular flexibility index (Phi) is 3.61. The number of esters is 1. The summed E-state index contributed by atoms with van der Waals surface area (Å²) < 4.78 is 30.2. The fourth-order valence-electron chi connectivity index (χ4n) is 3.04. The van der Waals surface area contributed by atoms with Crippen LogP contribution < -0.4 is 0 Å². The Morgan fingerprint density at radius 2 is 1.96 bits per heavy atom. The summed E-state index contributed by atoms with van der Waals surface area (Å²) in [5.41, 5.74) is 0.307. The third kappa shape index (κ3) is 2.07. The van der Waals surface area contributed by atoms with Gasteiger partial charge < -0.3 is 4.74 Å². The second-order valence-corrected chi connectivity index (χ2v) is 7.21. The minimum atomic E-state index is -1.94. The minimum absolute atomic E-state index is 0.0507. The number of aliphatic imine (C=N–C) groups is 1. The maximum absolute atomic E-state index is 13.6. The number of hydrogen-bond donors (Lipinski definition) is 2. The summed E-state index contributed by atoms with van der Waals surface area (Å²) in [5.74, 6) is -4.52. The lowest BCUT2D eigenvalue weighted by Gasteiger charge is -2.49. The first-order valence-electron chi connectivity index (χ1n) is 6.90. The van der Waals surface area contributed by atoms with Crippen molar-refractivity contribution in [1.29, 1.82) is 0 Å². The normalized spacial score (nSPS) is 31.7.